The fraction of sp³-hybridized carbons (Fsp3) is 0.519. The Hall–Kier alpha value is -2.69. The lowest BCUT2D eigenvalue weighted by Gasteiger charge is -2.34. The van der Waals surface area contributed by atoms with Gasteiger partial charge < -0.3 is 19.6 Å². The number of carbonyl (C=O) groups is 1. The Balaban J connectivity index is 1.63. The molecule has 0 spiro atoms. The zero-order valence-electron chi connectivity index (χ0n) is 21.6. The molecule has 0 unspecified atom stereocenters. The van der Waals surface area contributed by atoms with Gasteiger partial charge in [0.15, 0.2) is 0 Å². The maximum Gasteiger partial charge on any atom is 0.261 e. The second kappa shape index (κ2) is 11.4. The number of nitrogens with zero attached hydrogens (tertiary/aromatic N) is 2. The highest BCUT2D eigenvalue weighted by molar-refractivity contribution is 7.92. The summed E-state index contributed by atoms with van der Waals surface area (Å²) in [5.41, 5.74) is 0.833. The molecule has 2 aliphatic rings. The van der Waals surface area contributed by atoms with Gasteiger partial charge in [0.1, 0.15) is 17.7 Å². The number of halogens is 1. The van der Waals surface area contributed by atoms with Gasteiger partial charge in [0.2, 0.25) is 5.91 Å². The lowest BCUT2D eigenvalue weighted by molar-refractivity contribution is -0.134. The van der Waals surface area contributed by atoms with Crippen LogP contribution in [0.1, 0.15) is 32.3 Å². The first-order valence-electron chi connectivity index (χ1n) is 12.7. The Kier molecular flexibility index (Phi) is 8.40. The molecular formula is C27H36FN3O5S. The van der Waals surface area contributed by atoms with Crippen LogP contribution in [0.5, 0.6) is 5.75 Å². The summed E-state index contributed by atoms with van der Waals surface area (Å²) in [7, 11) is -1.88. The molecule has 10 heteroatoms. The van der Waals surface area contributed by atoms with Crippen molar-refractivity contribution in [2.24, 2.45) is 11.8 Å². The highest BCUT2D eigenvalue weighted by Crippen LogP contribution is 2.32. The van der Waals surface area contributed by atoms with Crippen LogP contribution in [0.15, 0.2) is 47.4 Å². The number of carbonyl (C=O) groups excluding carboxylic acids is 1. The van der Waals surface area contributed by atoms with Gasteiger partial charge in [-0.25, -0.2) is 12.8 Å². The van der Waals surface area contributed by atoms with Gasteiger partial charge in [0, 0.05) is 36.8 Å². The highest BCUT2D eigenvalue weighted by Gasteiger charge is 2.32. The minimum atomic E-state index is -3.96. The molecule has 2 N–H and O–H groups in total. The van der Waals surface area contributed by atoms with Crippen LogP contribution in [0.25, 0.3) is 0 Å². The van der Waals surface area contributed by atoms with E-state index in [1.807, 2.05) is 6.92 Å². The quantitative estimate of drug-likeness (QED) is 0.514. The van der Waals surface area contributed by atoms with Crippen molar-refractivity contribution in [2.75, 3.05) is 38.0 Å². The number of sulfonamides is 1. The summed E-state index contributed by atoms with van der Waals surface area (Å²) in [6.07, 6.45) is 2.30. The number of amides is 1. The van der Waals surface area contributed by atoms with E-state index in [2.05, 4.69) is 23.6 Å². The zero-order valence-corrected chi connectivity index (χ0v) is 22.4. The largest absolute Gasteiger partial charge is 0.488 e. The van der Waals surface area contributed by atoms with Crippen LogP contribution in [-0.4, -0.2) is 74.7 Å². The molecule has 1 heterocycles. The topological polar surface area (TPSA) is 99.2 Å². The SMILES string of the molecule is C[C@H](CO)N1C[C@H](C)[C@H](CN(C)CC2CC2)Oc2ccc(NS(=O)(=O)c3ccc(F)cc3)cc2CC1=O. The summed E-state index contributed by atoms with van der Waals surface area (Å²) >= 11 is 0. The molecule has 0 radical (unpaired) electrons. The van der Waals surface area contributed by atoms with Gasteiger partial charge in [0.05, 0.1) is 24.0 Å². The summed E-state index contributed by atoms with van der Waals surface area (Å²) in [5.74, 6) is 0.576. The predicted molar refractivity (Wildman–Crippen MR) is 139 cm³/mol. The fourth-order valence-electron chi connectivity index (χ4n) is 4.66. The standard InChI is InChI=1S/C27H36FN3O5S/c1-18-14-31(19(2)17-32)27(33)13-21-12-23(29-37(34,35)24-9-6-22(28)7-10-24)8-11-25(21)36-26(18)16-30(3)15-20-4-5-20/h6-12,18-20,26,29,32H,4-5,13-17H2,1-3H3/t18-,19+,26-/m0/s1. The maximum absolute atomic E-state index is 13.3. The first-order chi connectivity index (χ1) is 17.6. The molecule has 1 saturated carbocycles. The third kappa shape index (κ3) is 7.00. The van der Waals surface area contributed by atoms with Crippen LogP contribution < -0.4 is 9.46 Å². The lowest BCUT2D eigenvalue weighted by atomic mass is 10.0. The number of benzene rings is 2. The van der Waals surface area contributed by atoms with Gasteiger partial charge >= 0.3 is 0 Å². The molecule has 2 aromatic rings. The van der Waals surface area contributed by atoms with E-state index in [0.29, 0.717) is 24.4 Å². The Morgan fingerprint density at radius 1 is 1.19 bits per heavy atom. The maximum atomic E-state index is 13.3. The minimum absolute atomic E-state index is 0.00204. The Bertz CT molecular complexity index is 1200. The van der Waals surface area contributed by atoms with Gasteiger partial charge in [-0.15, -0.1) is 0 Å². The van der Waals surface area contributed by atoms with Crippen LogP contribution in [-0.2, 0) is 21.2 Å². The summed E-state index contributed by atoms with van der Waals surface area (Å²) < 4.78 is 48.0. The van der Waals surface area contributed by atoms with Gasteiger partial charge in [-0.05, 0) is 75.2 Å². The van der Waals surface area contributed by atoms with E-state index in [9.17, 15) is 22.7 Å². The number of anilines is 1. The molecule has 8 nitrogen and oxygen atoms in total. The fourth-order valence-corrected chi connectivity index (χ4v) is 5.71. The second-order valence-electron chi connectivity index (χ2n) is 10.4. The molecular weight excluding hydrogens is 497 g/mol. The molecule has 0 bridgehead atoms. The van der Waals surface area contributed by atoms with E-state index in [-0.39, 0.29) is 47.6 Å². The normalized spacial score (nSPS) is 21.5. The average molecular weight is 534 g/mol. The van der Waals surface area contributed by atoms with Crippen molar-refractivity contribution in [1.29, 1.82) is 0 Å². The number of aliphatic hydroxyl groups is 1. The van der Waals surface area contributed by atoms with E-state index in [1.54, 1.807) is 23.1 Å². The van der Waals surface area contributed by atoms with Crippen LogP contribution in [0.2, 0.25) is 0 Å². The summed E-state index contributed by atoms with van der Waals surface area (Å²) in [5, 5.41) is 9.80. The van der Waals surface area contributed by atoms with Crippen molar-refractivity contribution in [3.8, 4) is 5.75 Å². The van der Waals surface area contributed by atoms with Crippen molar-refractivity contribution in [1.82, 2.24) is 9.80 Å². The first kappa shape index (κ1) is 27.3. The number of hydrogen-bond donors (Lipinski definition) is 2. The number of nitrogens with one attached hydrogen (secondary N) is 1. The van der Waals surface area contributed by atoms with Crippen molar-refractivity contribution in [2.45, 2.75) is 50.2 Å². The minimum Gasteiger partial charge on any atom is -0.488 e. The monoisotopic (exact) mass is 533 g/mol. The molecule has 0 aromatic heterocycles. The number of fused-ring (bicyclic) bond motifs is 1. The number of likely N-dealkylation sites (N-methyl/N-ethyl adjacent to an activating group) is 1. The number of rotatable bonds is 9. The van der Waals surface area contributed by atoms with E-state index >= 15 is 0 Å². The summed E-state index contributed by atoms with van der Waals surface area (Å²) in [6, 6.07) is 9.11. The Morgan fingerprint density at radius 2 is 1.89 bits per heavy atom. The van der Waals surface area contributed by atoms with Crippen molar-refractivity contribution < 1.29 is 27.4 Å². The lowest BCUT2D eigenvalue weighted by Crippen LogP contribution is -2.47. The Morgan fingerprint density at radius 3 is 2.54 bits per heavy atom. The van der Waals surface area contributed by atoms with Gasteiger partial charge in [-0.1, -0.05) is 6.92 Å². The van der Waals surface area contributed by atoms with E-state index in [0.717, 1.165) is 24.6 Å². The molecule has 1 fully saturated rings. The van der Waals surface area contributed by atoms with Gasteiger partial charge in [-0.3, -0.25) is 9.52 Å². The van der Waals surface area contributed by atoms with Crippen molar-refractivity contribution >= 4 is 21.6 Å². The smallest absolute Gasteiger partial charge is 0.261 e. The predicted octanol–water partition coefficient (Wildman–Crippen LogP) is 3.12. The molecule has 202 valence electrons. The average Bonchev–Trinajstić information content (AvgIpc) is 3.65. The van der Waals surface area contributed by atoms with Crippen LogP contribution in [0.4, 0.5) is 10.1 Å². The number of aliphatic hydroxyl groups excluding tert-OH is 1. The van der Waals surface area contributed by atoms with Crippen LogP contribution in [0, 0.1) is 17.7 Å². The van der Waals surface area contributed by atoms with E-state index in [4.69, 9.17) is 4.74 Å². The van der Waals surface area contributed by atoms with Gasteiger partial charge in [-0.2, -0.15) is 0 Å². The van der Waals surface area contributed by atoms with Crippen molar-refractivity contribution in [3.63, 3.8) is 0 Å². The summed E-state index contributed by atoms with van der Waals surface area (Å²) in [4.78, 5) is 17.2. The molecule has 1 amide bonds. The van der Waals surface area contributed by atoms with Crippen molar-refractivity contribution in [3.05, 3.63) is 53.8 Å². The first-order valence-corrected chi connectivity index (χ1v) is 14.2. The third-order valence-corrected chi connectivity index (χ3v) is 8.45. The Labute approximate surface area is 218 Å². The van der Waals surface area contributed by atoms with Crippen LogP contribution in [0.3, 0.4) is 0 Å². The molecule has 0 saturated heterocycles. The van der Waals surface area contributed by atoms with E-state index in [1.165, 1.54) is 25.0 Å². The highest BCUT2D eigenvalue weighted by atomic mass is 32.2. The number of hydrogen-bond acceptors (Lipinski definition) is 6. The molecule has 37 heavy (non-hydrogen) atoms. The van der Waals surface area contributed by atoms with Gasteiger partial charge in [0.25, 0.3) is 10.0 Å². The molecule has 4 rings (SSSR count). The summed E-state index contributed by atoms with van der Waals surface area (Å²) in [6.45, 7) is 5.84. The number of ether oxygens (including phenoxy) is 1. The van der Waals surface area contributed by atoms with E-state index < -0.39 is 15.8 Å². The third-order valence-electron chi connectivity index (χ3n) is 7.05. The molecule has 3 atom stereocenters. The second-order valence-corrected chi connectivity index (χ2v) is 12.1. The molecule has 1 aliphatic carbocycles. The molecule has 1 aliphatic heterocycles. The molecule has 2 aromatic carbocycles. The van der Waals surface area contributed by atoms with Crippen LogP contribution >= 0.6 is 0 Å². The zero-order chi connectivity index (χ0) is 26.7.